The molecule has 0 aromatic carbocycles. The minimum atomic E-state index is 1.03. The lowest BCUT2D eigenvalue weighted by atomic mass is 10.3. The fourth-order valence-corrected chi connectivity index (χ4v) is 0.538. The molecule has 1 N–H and O–H groups in total. The van der Waals surface area contributed by atoms with E-state index in [4.69, 9.17) is 0 Å². The van der Waals surface area contributed by atoms with Gasteiger partial charge in [-0.1, -0.05) is 18.2 Å². The molecule has 0 aromatic rings. The first-order chi connectivity index (χ1) is 4.00. The van der Waals surface area contributed by atoms with E-state index in [1.807, 2.05) is 24.6 Å². The van der Waals surface area contributed by atoms with Crippen molar-refractivity contribution in [3.63, 3.8) is 0 Å². The maximum Gasteiger partial charge on any atom is 0.000419 e. The van der Waals surface area contributed by atoms with Gasteiger partial charge in [-0.25, -0.2) is 0 Å². The summed E-state index contributed by atoms with van der Waals surface area (Å²) in [7, 11) is 0. The SMILES string of the molecule is C1=C\C/C=C\N\C=C/1. The largest absolute Gasteiger partial charge is 0.368 e. The standard InChI is InChI=1S/C7H9N/c1-2-4-6-8-7-5-3-1/h1-2,4-8H,3H2/b2-1-,6-4-,7-5-. The monoisotopic (exact) mass is 107 g/mol. The lowest BCUT2D eigenvalue weighted by Crippen LogP contribution is -1.90. The summed E-state index contributed by atoms with van der Waals surface area (Å²) in [6.45, 7) is 0. The first-order valence-electron chi connectivity index (χ1n) is 2.73. The van der Waals surface area contributed by atoms with Gasteiger partial charge in [-0.3, -0.25) is 0 Å². The Hall–Kier alpha value is -0.980. The molecule has 1 aliphatic heterocycles. The Morgan fingerprint density at radius 2 is 2.00 bits per heavy atom. The number of nitrogens with one attached hydrogen (secondary N) is 1. The van der Waals surface area contributed by atoms with Crippen LogP contribution < -0.4 is 5.32 Å². The molecular formula is C7H9N. The van der Waals surface area contributed by atoms with Gasteiger partial charge in [0, 0.05) is 6.20 Å². The maximum atomic E-state index is 2.97. The van der Waals surface area contributed by atoms with Crippen LogP contribution in [0.1, 0.15) is 6.42 Å². The second-order valence-electron chi connectivity index (χ2n) is 1.59. The van der Waals surface area contributed by atoms with Crippen LogP contribution >= 0.6 is 0 Å². The Bertz CT molecular complexity index is 115. The van der Waals surface area contributed by atoms with Crippen molar-refractivity contribution >= 4 is 0 Å². The van der Waals surface area contributed by atoms with Crippen LogP contribution in [0.5, 0.6) is 0 Å². The predicted molar refractivity (Wildman–Crippen MR) is 35.2 cm³/mol. The summed E-state index contributed by atoms with van der Waals surface area (Å²) in [6.07, 6.45) is 13.0. The zero-order valence-electron chi connectivity index (χ0n) is 4.67. The number of hydrogen-bond acceptors (Lipinski definition) is 1. The smallest absolute Gasteiger partial charge is 0.000419 e. The molecular weight excluding hydrogens is 98.1 g/mol. The van der Waals surface area contributed by atoms with Crippen LogP contribution in [0.25, 0.3) is 0 Å². The third-order valence-corrected chi connectivity index (χ3v) is 0.926. The van der Waals surface area contributed by atoms with E-state index in [1.165, 1.54) is 0 Å². The van der Waals surface area contributed by atoms with Crippen LogP contribution in [-0.4, -0.2) is 0 Å². The second kappa shape index (κ2) is 3.08. The topological polar surface area (TPSA) is 12.0 Å². The summed E-state index contributed by atoms with van der Waals surface area (Å²) in [6, 6.07) is 0. The summed E-state index contributed by atoms with van der Waals surface area (Å²) >= 11 is 0. The van der Waals surface area contributed by atoms with E-state index in [-0.39, 0.29) is 0 Å². The van der Waals surface area contributed by atoms with Gasteiger partial charge in [0.2, 0.25) is 0 Å². The number of hydrogen-bond donors (Lipinski definition) is 1. The molecule has 1 aliphatic rings. The van der Waals surface area contributed by atoms with Crippen molar-refractivity contribution in [3.05, 3.63) is 36.7 Å². The highest BCUT2D eigenvalue weighted by Gasteiger charge is 1.71. The fraction of sp³-hybridized carbons (Fsp3) is 0.143. The minimum Gasteiger partial charge on any atom is -0.368 e. The van der Waals surface area contributed by atoms with Crippen molar-refractivity contribution in [1.82, 2.24) is 5.32 Å². The highest BCUT2D eigenvalue weighted by atomic mass is 14.8. The Balaban J connectivity index is 2.51. The van der Waals surface area contributed by atoms with Crippen molar-refractivity contribution in [2.24, 2.45) is 0 Å². The van der Waals surface area contributed by atoms with E-state index < -0.39 is 0 Å². The van der Waals surface area contributed by atoms with Crippen LogP contribution in [0.2, 0.25) is 0 Å². The number of allylic oxidation sites excluding steroid dienone is 4. The van der Waals surface area contributed by atoms with Crippen LogP contribution in [0.4, 0.5) is 0 Å². The molecule has 0 saturated carbocycles. The quantitative estimate of drug-likeness (QED) is 0.495. The zero-order chi connectivity index (χ0) is 5.66. The normalized spacial score (nSPS) is 29.0. The molecule has 0 bridgehead atoms. The van der Waals surface area contributed by atoms with Gasteiger partial charge in [0.25, 0.3) is 0 Å². The molecule has 0 amide bonds. The van der Waals surface area contributed by atoms with E-state index >= 15 is 0 Å². The Morgan fingerprint density at radius 1 is 1.00 bits per heavy atom. The molecule has 0 fully saturated rings. The lowest BCUT2D eigenvalue weighted by Gasteiger charge is -1.89. The molecule has 0 aromatic heterocycles. The second-order valence-corrected chi connectivity index (χ2v) is 1.59. The molecule has 1 heterocycles. The molecule has 8 heavy (non-hydrogen) atoms. The van der Waals surface area contributed by atoms with E-state index in [0.29, 0.717) is 0 Å². The van der Waals surface area contributed by atoms with E-state index in [9.17, 15) is 0 Å². The lowest BCUT2D eigenvalue weighted by molar-refractivity contribution is 1.16. The molecule has 1 nitrogen and oxygen atoms in total. The van der Waals surface area contributed by atoms with Gasteiger partial charge in [0.05, 0.1) is 0 Å². The van der Waals surface area contributed by atoms with Gasteiger partial charge in [0.15, 0.2) is 0 Å². The molecule has 42 valence electrons. The van der Waals surface area contributed by atoms with E-state index in [0.717, 1.165) is 6.42 Å². The van der Waals surface area contributed by atoms with Crippen molar-refractivity contribution < 1.29 is 0 Å². The molecule has 0 spiro atoms. The summed E-state index contributed by atoms with van der Waals surface area (Å²) in [5, 5.41) is 2.97. The van der Waals surface area contributed by atoms with Gasteiger partial charge >= 0.3 is 0 Å². The summed E-state index contributed by atoms with van der Waals surface area (Å²) in [5.74, 6) is 0. The van der Waals surface area contributed by atoms with Crippen molar-refractivity contribution in [3.8, 4) is 0 Å². The molecule has 1 rings (SSSR count). The maximum absolute atomic E-state index is 2.97. The van der Waals surface area contributed by atoms with E-state index in [2.05, 4.69) is 17.5 Å². The predicted octanol–water partition coefficient (Wildman–Crippen LogP) is 1.56. The third kappa shape index (κ3) is 1.65. The molecule has 0 saturated heterocycles. The van der Waals surface area contributed by atoms with Crippen molar-refractivity contribution in [2.75, 3.05) is 0 Å². The van der Waals surface area contributed by atoms with Gasteiger partial charge in [-0.05, 0) is 18.7 Å². The third-order valence-electron chi connectivity index (χ3n) is 0.926. The van der Waals surface area contributed by atoms with E-state index in [1.54, 1.807) is 0 Å². The molecule has 0 unspecified atom stereocenters. The molecule has 1 heteroatoms. The first-order valence-corrected chi connectivity index (χ1v) is 2.73. The summed E-state index contributed by atoms with van der Waals surface area (Å²) < 4.78 is 0. The van der Waals surface area contributed by atoms with Crippen molar-refractivity contribution in [1.29, 1.82) is 0 Å². The molecule has 0 atom stereocenters. The summed E-state index contributed by atoms with van der Waals surface area (Å²) in [5.41, 5.74) is 0. The van der Waals surface area contributed by atoms with Crippen molar-refractivity contribution in [2.45, 2.75) is 6.42 Å². The Kier molecular flexibility index (Phi) is 1.99. The van der Waals surface area contributed by atoms with Crippen LogP contribution in [0, 0.1) is 0 Å². The van der Waals surface area contributed by atoms with Crippen LogP contribution in [0.3, 0.4) is 0 Å². The Labute approximate surface area is 49.4 Å². The first kappa shape index (κ1) is 5.16. The molecule has 0 radical (unpaired) electrons. The molecule has 0 aliphatic carbocycles. The van der Waals surface area contributed by atoms with Crippen LogP contribution in [-0.2, 0) is 0 Å². The van der Waals surface area contributed by atoms with Crippen LogP contribution in [0.15, 0.2) is 36.7 Å². The van der Waals surface area contributed by atoms with Gasteiger partial charge in [-0.15, -0.1) is 0 Å². The highest BCUT2D eigenvalue weighted by molar-refractivity contribution is 5.07. The average Bonchev–Trinajstić information content (AvgIpc) is 1.62. The number of rotatable bonds is 0. The minimum absolute atomic E-state index is 1.03. The van der Waals surface area contributed by atoms with Gasteiger partial charge < -0.3 is 5.32 Å². The van der Waals surface area contributed by atoms with Gasteiger partial charge in [0.1, 0.15) is 0 Å². The summed E-state index contributed by atoms with van der Waals surface area (Å²) in [4.78, 5) is 0. The fourth-order valence-electron chi connectivity index (χ4n) is 0.538. The highest BCUT2D eigenvalue weighted by Crippen LogP contribution is 1.87. The zero-order valence-corrected chi connectivity index (χ0v) is 4.67. The van der Waals surface area contributed by atoms with Gasteiger partial charge in [-0.2, -0.15) is 0 Å². The Morgan fingerprint density at radius 3 is 3.00 bits per heavy atom. The average molecular weight is 107 g/mol.